The van der Waals surface area contributed by atoms with E-state index in [-0.39, 0.29) is 0 Å². The molecule has 2 aromatic heterocycles. The summed E-state index contributed by atoms with van der Waals surface area (Å²) >= 11 is 0. The highest BCUT2D eigenvalue weighted by Gasteiger charge is 2.09. The monoisotopic (exact) mass is 163 g/mol. The Balaban J connectivity index is 2.92. The van der Waals surface area contributed by atoms with Gasteiger partial charge >= 0.3 is 0 Å². The molecular formula is C8H9N3O. The lowest BCUT2D eigenvalue weighted by Gasteiger charge is -1.94. The Morgan fingerprint density at radius 1 is 1.00 bits per heavy atom. The summed E-state index contributed by atoms with van der Waals surface area (Å²) < 4.78 is 5.06. The van der Waals surface area contributed by atoms with Crippen LogP contribution in [0.25, 0.3) is 11.1 Å². The molecule has 0 aliphatic heterocycles. The van der Waals surface area contributed by atoms with E-state index in [4.69, 9.17) is 4.52 Å². The minimum atomic E-state index is 0.693. The SMILES string of the molecule is Cc1nc(C)c2onc(C)c2n1. The van der Waals surface area contributed by atoms with E-state index in [1.54, 1.807) is 0 Å². The van der Waals surface area contributed by atoms with Crippen LogP contribution in [0, 0.1) is 20.8 Å². The lowest BCUT2D eigenvalue weighted by Crippen LogP contribution is -1.91. The minimum absolute atomic E-state index is 0.693. The molecule has 0 aromatic carbocycles. The smallest absolute Gasteiger partial charge is 0.206 e. The average molecular weight is 163 g/mol. The predicted octanol–water partition coefficient (Wildman–Crippen LogP) is 1.54. The fourth-order valence-electron chi connectivity index (χ4n) is 1.21. The van der Waals surface area contributed by atoms with Crippen LogP contribution in [0.2, 0.25) is 0 Å². The standard InChI is InChI=1S/C8H9N3O/c1-4-7-8(12-11-4)5(2)9-6(3)10-7/h1-3H3. The molecule has 0 bridgehead atoms. The van der Waals surface area contributed by atoms with Crippen molar-refractivity contribution >= 4 is 11.1 Å². The maximum Gasteiger partial charge on any atom is 0.206 e. The summed E-state index contributed by atoms with van der Waals surface area (Å²) in [4.78, 5) is 8.40. The number of hydrogen-bond acceptors (Lipinski definition) is 4. The first kappa shape index (κ1) is 7.21. The number of fused-ring (bicyclic) bond motifs is 1. The van der Waals surface area contributed by atoms with Crippen molar-refractivity contribution < 1.29 is 4.52 Å². The van der Waals surface area contributed by atoms with E-state index in [1.165, 1.54) is 0 Å². The largest absolute Gasteiger partial charge is 0.352 e. The highest BCUT2D eigenvalue weighted by atomic mass is 16.5. The molecule has 0 fully saturated rings. The Kier molecular flexibility index (Phi) is 1.36. The van der Waals surface area contributed by atoms with Crippen LogP contribution in [-0.2, 0) is 0 Å². The third-order valence-corrected chi connectivity index (χ3v) is 1.76. The van der Waals surface area contributed by atoms with Crippen LogP contribution < -0.4 is 0 Å². The number of rotatable bonds is 0. The van der Waals surface area contributed by atoms with Gasteiger partial charge in [-0.3, -0.25) is 0 Å². The molecule has 62 valence electrons. The van der Waals surface area contributed by atoms with Crippen LogP contribution in [0.15, 0.2) is 4.52 Å². The Morgan fingerprint density at radius 2 is 1.75 bits per heavy atom. The van der Waals surface area contributed by atoms with Crippen LogP contribution in [0.4, 0.5) is 0 Å². The Hall–Kier alpha value is -1.45. The Bertz CT molecular complexity index is 433. The molecule has 0 saturated heterocycles. The molecule has 2 aromatic rings. The fourth-order valence-corrected chi connectivity index (χ4v) is 1.21. The van der Waals surface area contributed by atoms with Gasteiger partial charge in [-0.25, -0.2) is 9.97 Å². The second kappa shape index (κ2) is 2.27. The molecule has 0 unspecified atom stereocenters. The van der Waals surface area contributed by atoms with Crippen LogP contribution in [-0.4, -0.2) is 15.1 Å². The average Bonchev–Trinajstić information content (AvgIpc) is 2.33. The van der Waals surface area contributed by atoms with Crippen LogP contribution in [0.1, 0.15) is 17.2 Å². The Labute approximate surface area is 69.6 Å². The molecule has 0 aliphatic carbocycles. The first-order valence-electron chi connectivity index (χ1n) is 3.75. The van der Waals surface area contributed by atoms with Crippen molar-refractivity contribution in [3.05, 3.63) is 17.2 Å². The van der Waals surface area contributed by atoms with Crippen molar-refractivity contribution in [3.63, 3.8) is 0 Å². The molecule has 0 N–H and O–H groups in total. The van der Waals surface area contributed by atoms with Gasteiger partial charge < -0.3 is 4.52 Å². The normalized spacial score (nSPS) is 10.9. The zero-order valence-electron chi connectivity index (χ0n) is 7.25. The summed E-state index contributed by atoms with van der Waals surface area (Å²) in [5.74, 6) is 0.756. The van der Waals surface area contributed by atoms with Gasteiger partial charge in [0.05, 0.1) is 5.69 Å². The molecule has 0 saturated carbocycles. The molecule has 0 radical (unpaired) electrons. The lowest BCUT2D eigenvalue weighted by molar-refractivity contribution is 0.447. The van der Waals surface area contributed by atoms with Gasteiger partial charge in [0, 0.05) is 0 Å². The molecule has 2 rings (SSSR count). The van der Waals surface area contributed by atoms with Gasteiger partial charge in [0.2, 0.25) is 5.58 Å². The summed E-state index contributed by atoms with van der Waals surface area (Å²) in [6, 6.07) is 0. The molecule has 0 atom stereocenters. The number of aromatic nitrogens is 3. The van der Waals surface area contributed by atoms with Crippen LogP contribution in [0.3, 0.4) is 0 Å². The van der Waals surface area contributed by atoms with Gasteiger partial charge in [-0.05, 0) is 20.8 Å². The number of aryl methyl sites for hydroxylation is 3. The van der Waals surface area contributed by atoms with Gasteiger partial charge in [0.1, 0.15) is 17.0 Å². The summed E-state index contributed by atoms with van der Waals surface area (Å²) in [6.45, 7) is 5.62. The van der Waals surface area contributed by atoms with Gasteiger partial charge in [-0.2, -0.15) is 0 Å². The second-order valence-electron chi connectivity index (χ2n) is 2.80. The van der Waals surface area contributed by atoms with Gasteiger partial charge in [0.15, 0.2) is 0 Å². The first-order valence-corrected chi connectivity index (χ1v) is 3.75. The van der Waals surface area contributed by atoms with Crippen molar-refractivity contribution in [1.29, 1.82) is 0 Å². The van der Waals surface area contributed by atoms with Crippen molar-refractivity contribution in [1.82, 2.24) is 15.1 Å². The first-order chi connectivity index (χ1) is 5.68. The van der Waals surface area contributed by atoms with Crippen molar-refractivity contribution in [2.24, 2.45) is 0 Å². The fraction of sp³-hybridized carbons (Fsp3) is 0.375. The minimum Gasteiger partial charge on any atom is -0.352 e. The van der Waals surface area contributed by atoms with E-state index < -0.39 is 0 Å². The van der Waals surface area contributed by atoms with E-state index in [1.807, 2.05) is 20.8 Å². The van der Waals surface area contributed by atoms with E-state index in [0.29, 0.717) is 5.58 Å². The topological polar surface area (TPSA) is 51.8 Å². The van der Waals surface area contributed by atoms with Crippen molar-refractivity contribution in [2.75, 3.05) is 0 Å². The van der Waals surface area contributed by atoms with Gasteiger partial charge in [-0.1, -0.05) is 5.16 Å². The van der Waals surface area contributed by atoms with E-state index in [0.717, 1.165) is 22.7 Å². The number of nitrogens with zero attached hydrogens (tertiary/aromatic N) is 3. The molecule has 4 nitrogen and oxygen atoms in total. The zero-order valence-corrected chi connectivity index (χ0v) is 7.25. The molecule has 2 heterocycles. The van der Waals surface area contributed by atoms with Gasteiger partial charge in [-0.15, -0.1) is 0 Å². The summed E-state index contributed by atoms with van der Waals surface area (Å²) in [6.07, 6.45) is 0. The quantitative estimate of drug-likeness (QED) is 0.591. The predicted molar refractivity (Wildman–Crippen MR) is 43.8 cm³/mol. The summed E-state index contributed by atoms with van der Waals surface area (Å²) in [7, 11) is 0. The third kappa shape index (κ3) is 0.879. The maximum atomic E-state index is 5.06. The number of hydrogen-bond donors (Lipinski definition) is 0. The third-order valence-electron chi connectivity index (χ3n) is 1.76. The maximum absolute atomic E-state index is 5.06. The molecule has 0 amide bonds. The second-order valence-corrected chi connectivity index (χ2v) is 2.80. The molecule has 0 spiro atoms. The van der Waals surface area contributed by atoms with E-state index in [2.05, 4.69) is 15.1 Å². The summed E-state index contributed by atoms with van der Waals surface area (Å²) in [5, 5.41) is 3.82. The summed E-state index contributed by atoms with van der Waals surface area (Å²) in [5.41, 5.74) is 3.18. The molecule has 12 heavy (non-hydrogen) atoms. The lowest BCUT2D eigenvalue weighted by atomic mass is 10.3. The molecular weight excluding hydrogens is 154 g/mol. The van der Waals surface area contributed by atoms with Crippen LogP contribution in [0.5, 0.6) is 0 Å². The van der Waals surface area contributed by atoms with Gasteiger partial charge in [0.25, 0.3) is 0 Å². The van der Waals surface area contributed by atoms with Crippen molar-refractivity contribution in [3.8, 4) is 0 Å². The van der Waals surface area contributed by atoms with Crippen LogP contribution >= 0.6 is 0 Å². The van der Waals surface area contributed by atoms with E-state index in [9.17, 15) is 0 Å². The molecule has 4 heteroatoms. The highest BCUT2D eigenvalue weighted by Crippen LogP contribution is 2.17. The van der Waals surface area contributed by atoms with Crippen molar-refractivity contribution in [2.45, 2.75) is 20.8 Å². The highest BCUT2D eigenvalue weighted by molar-refractivity contribution is 5.76. The van der Waals surface area contributed by atoms with E-state index >= 15 is 0 Å². The molecule has 0 aliphatic rings. The zero-order chi connectivity index (χ0) is 8.72. The Morgan fingerprint density at radius 3 is 2.50 bits per heavy atom.